The lowest BCUT2D eigenvalue weighted by molar-refractivity contribution is -0.732. The standard InChI is InChI=1S/C25H20N3/c1-2-10-19-18(9-1)21-17-25(22-12-3-6-14-26-22,23-13-4-7-15-27-23)24(19)20-11-5-8-16-28(20)21/h1-16,21,24H,17H2/q+1/t21-,24+/m1/s1. The van der Waals surface area contributed by atoms with Crippen LogP contribution >= 0.6 is 0 Å². The molecule has 134 valence electrons. The summed E-state index contributed by atoms with van der Waals surface area (Å²) >= 11 is 0. The molecule has 0 N–H and O–H groups in total. The zero-order valence-corrected chi connectivity index (χ0v) is 15.4. The fourth-order valence-electron chi connectivity index (χ4n) is 5.42. The maximum Gasteiger partial charge on any atom is 0.190 e. The van der Waals surface area contributed by atoms with Crippen LogP contribution in [0.1, 0.15) is 46.6 Å². The molecule has 4 aromatic rings. The zero-order valence-electron chi connectivity index (χ0n) is 15.4. The normalized spacial score (nSPS) is 21.0. The molecule has 0 unspecified atom stereocenters. The molecule has 2 atom stereocenters. The van der Waals surface area contributed by atoms with Gasteiger partial charge in [0.05, 0.1) is 22.7 Å². The number of hydrogen-bond donors (Lipinski definition) is 0. The Morgan fingerprint density at radius 3 is 2.04 bits per heavy atom. The number of fused-ring (bicyclic) bond motifs is 1. The van der Waals surface area contributed by atoms with E-state index in [1.165, 1.54) is 16.8 Å². The molecule has 0 spiro atoms. The summed E-state index contributed by atoms with van der Waals surface area (Å²) in [7, 11) is 0. The SMILES string of the molecule is c1ccc(C2(c3ccccn3)C[C@@H]3c4ccccc4[C@H]2c2cccc[n+]23)nc1. The van der Waals surface area contributed by atoms with Crippen LogP contribution in [0.15, 0.2) is 97.5 Å². The lowest BCUT2D eigenvalue weighted by atomic mass is 9.55. The van der Waals surface area contributed by atoms with E-state index >= 15 is 0 Å². The van der Waals surface area contributed by atoms with Crippen LogP contribution in [0.25, 0.3) is 0 Å². The molecule has 0 amide bonds. The molecule has 0 radical (unpaired) electrons. The first-order valence-electron chi connectivity index (χ1n) is 9.81. The molecule has 3 nitrogen and oxygen atoms in total. The van der Waals surface area contributed by atoms with Crippen LogP contribution in [0.5, 0.6) is 0 Å². The minimum Gasteiger partial charge on any atom is -0.260 e. The number of aromatic nitrogens is 3. The second kappa shape index (κ2) is 5.83. The molecular weight excluding hydrogens is 342 g/mol. The summed E-state index contributed by atoms with van der Waals surface area (Å²) in [4.78, 5) is 9.73. The van der Waals surface area contributed by atoms with Gasteiger partial charge in [-0.25, -0.2) is 0 Å². The average molecular weight is 362 g/mol. The Balaban J connectivity index is 1.73. The maximum absolute atomic E-state index is 4.87. The molecule has 1 aliphatic carbocycles. The van der Waals surface area contributed by atoms with Crippen LogP contribution in [0, 0.1) is 0 Å². The summed E-state index contributed by atoms with van der Waals surface area (Å²) in [6.07, 6.45) is 7.01. The smallest absolute Gasteiger partial charge is 0.190 e. The summed E-state index contributed by atoms with van der Waals surface area (Å²) in [6, 6.07) is 28.3. The maximum atomic E-state index is 4.87. The van der Waals surface area contributed by atoms with Crippen molar-refractivity contribution in [2.75, 3.05) is 0 Å². The summed E-state index contributed by atoms with van der Waals surface area (Å²) in [5.74, 6) is 0.180. The van der Waals surface area contributed by atoms with Crippen LogP contribution in [-0.4, -0.2) is 9.97 Å². The van der Waals surface area contributed by atoms with Crippen LogP contribution in [0.4, 0.5) is 0 Å². The van der Waals surface area contributed by atoms with Crippen molar-refractivity contribution in [1.82, 2.24) is 9.97 Å². The van der Waals surface area contributed by atoms with Crippen molar-refractivity contribution in [1.29, 1.82) is 0 Å². The molecule has 2 aliphatic heterocycles. The molecule has 2 bridgehead atoms. The van der Waals surface area contributed by atoms with Gasteiger partial charge in [0.25, 0.3) is 0 Å². The summed E-state index contributed by atoms with van der Waals surface area (Å²) in [5.41, 5.74) is 6.11. The van der Waals surface area contributed by atoms with Gasteiger partial charge in [-0.2, -0.15) is 4.57 Å². The zero-order chi connectivity index (χ0) is 18.6. The van der Waals surface area contributed by atoms with E-state index in [-0.39, 0.29) is 17.4 Å². The molecule has 3 heteroatoms. The van der Waals surface area contributed by atoms with Gasteiger partial charge in [0.2, 0.25) is 0 Å². The highest BCUT2D eigenvalue weighted by molar-refractivity contribution is 5.52. The topological polar surface area (TPSA) is 29.7 Å². The van der Waals surface area contributed by atoms with E-state index in [0.717, 1.165) is 17.8 Å². The number of hydrogen-bond acceptors (Lipinski definition) is 2. The lowest BCUT2D eigenvalue weighted by Gasteiger charge is -2.48. The predicted octanol–water partition coefficient (Wildman–Crippen LogP) is 4.19. The van der Waals surface area contributed by atoms with Crippen molar-refractivity contribution in [3.8, 4) is 0 Å². The van der Waals surface area contributed by atoms with Gasteiger partial charge in [-0.3, -0.25) is 9.97 Å². The number of benzene rings is 1. The van der Waals surface area contributed by atoms with Crippen molar-refractivity contribution >= 4 is 0 Å². The quantitative estimate of drug-likeness (QED) is 0.501. The van der Waals surface area contributed by atoms with E-state index in [1.54, 1.807) is 0 Å². The summed E-state index contributed by atoms with van der Waals surface area (Å²) < 4.78 is 2.46. The van der Waals surface area contributed by atoms with Gasteiger partial charge >= 0.3 is 0 Å². The Bertz CT molecular complexity index is 1070. The van der Waals surface area contributed by atoms with Crippen LogP contribution < -0.4 is 4.57 Å². The lowest BCUT2D eigenvalue weighted by Crippen LogP contribution is -2.60. The Labute approximate surface area is 164 Å². The molecule has 0 fully saturated rings. The van der Waals surface area contributed by atoms with E-state index in [9.17, 15) is 0 Å². The largest absolute Gasteiger partial charge is 0.260 e. The van der Waals surface area contributed by atoms with E-state index < -0.39 is 0 Å². The van der Waals surface area contributed by atoms with Gasteiger partial charge in [0, 0.05) is 36.5 Å². The predicted molar refractivity (Wildman–Crippen MR) is 107 cm³/mol. The molecule has 7 rings (SSSR count). The Morgan fingerprint density at radius 1 is 0.714 bits per heavy atom. The molecule has 1 aromatic carbocycles. The van der Waals surface area contributed by atoms with Gasteiger partial charge in [-0.05, 0) is 29.8 Å². The van der Waals surface area contributed by atoms with Crippen molar-refractivity contribution in [2.24, 2.45) is 0 Å². The Kier molecular flexibility index (Phi) is 3.27. The fourth-order valence-corrected chi connectivity index (χ4v) is 5.42. The third-order valence-electron chi connectivity index (χ3n) is 6.47. The number of nitrogens with zero attached hydrogens (tertiary/aromatic N) is 3. The second-order valence-corrected chi connectivity index (χ2v) is 7.72. The third kappa shape index (κ3) is 1.96. The van der Waals surface area contributed by atoms with Gasteiger partial charge in [-0.15, -0.1) is 0 Å². The minimum atomic E-state index is -0.275. The summed E-state index contributed by atoms with van der Waals surface area (Å²) in [5, 5.41) is 0. The monoisotopic (exact) mass is 362 g/mol. The number of pyridine rings is 3. The van der Waals surface area contributed by atoms with Crippen LogP contribution in [0.3, 0.4) is 0 Å². The molecule has 5 heterocycles. The van der Waals surface area contributed by atoms with E-state index in [4.69, 9.17) is 9.97 Å². The van der Waals surface area contributed by atoms with Crippen LogP contribution in [0.2, 0.25) is 0 Å². The Hall–Kier alpha value is -3.33. The summed E-state index contributed by atoms with van der Waals surface area (Å²) in [6.45, 7) is 0. The number of rotatable bonds is 2. The molecule has 3 aromatic heterocycles. The van der Waals surface area contributed by atoms with Gasteiger partial charge in [-0.1, -0.05) is 42.5 Å². The molecule has 3 aliphatic rings. The average Bonchev–Trinajstić information content (AvgIpc) is 2.80. The van der Waals surface area contributed by atoms with E-state index in [1.807, 2.05) is 24.5 Å². The van der Waals surface area contributed by atoms with Crippen molar-refractivity contribution in [3.63, 3.8) is 0 Å². The van der Waals surface area contributed by atoms with Gasteiger partial charge in [0.1, 0.15) is 0 Å². The highest BCUT2D eigenvalue weighted by Crippen LogP contribution is 2.58. The Morgan fingerprint density at radius 2 is 1.36 bits per heavy atom. The van der Waals surface area contributed by atoms with E-state index in [0.29, 0.717) is 0 Å². The van der Waals surface area contributed by atoms with Crippen molar-refractivity contribution < 1.29 is 4.57 Å². The minimum absolute atomic E-state index is 0.180. The molecule has 0 saturated carbocycles. The third-order valence-corrected chi connectivity index (χ3v) is 6.47. The van der Waals surface area contributed by atoms with Crippen LogP contribution in [-0.2, 0) is 5.41 Å². The molecule has 28 heavy (non-hydrogen) atoms. The van der Waals surface area contributed by atoms with Crippen molar-refractivity contribution in [2.45, 2.75) is 23.8 Å². The van der Waals surface area contributed by atoms with E-state index in [2.05, 4.69) is 77.5 Å². The van der Waals surface area contributed by atoms with Gasteiger partial charge in [0.15, 0.2) is 17.9 Å². The highest BCUT2D eigenvalue weighted by atomic mass is 15.1. The molecule has 0 saturated heterocycles. The second-order valence-electron chi connectivity index (χ2n) is 7.72. The van der Waals surface area contributed by atoms with Crippen molar-refractivity contribution in [3.05, 3.63) is 126 Å². The first-order chi connectivity index (χ1) is 13.9. The first-order valence-corrected chi connectivity index (χ1v) is 9.81. The molecular formula is C25H20N3+. The fraction of sp³-hybridized carbons (Fsp3) is 0.160. The van der Waals surface area contributed by atoms with Gasteiger partial charge < -0.3 is 0 Å². The first kappa shape index (κ1) is 15.7. The highest BCUT2D eigenvalue weighted by Gasteiger charge is 2.60.